The lowest BCUT2D eigenvalue weighted by atomic mass is 10.1. The minimum atomic E-state index is -0.0919. The van der Waals surface area contributed by atoms with Gasteiger partial charge in [-0.25, -0.2) is 0 Å². The van der Waals surface area contributed by atoms with Gasteiger partial charge >= 0.3 is 0 Å². The Bertz CT molecular complexity index is 864. The summed E-state index contributed by atoms with van der Waals surface area (Å²) in [6.07, 6.45) is 2.47. The number of hydrogen-bond acceptors (Lipinski definition) is 3. The van der Waals surface area contributed by atoms with Crippen LogP contribution in [0.3, 0.4) is 0 Å². The Balaban J connectivity index is 1.61. The van der Waals surface area contributed by atoms with Crippen molar-refractivity contribution in [3.8, 4) is 0 Å². The number of aromatic nitrogens is 1. The van der Waals surface area contributed by atoms with Gasteiger partial charge in [0.25, 0.3) is 5.91 Å². The molecule has 29 heavy (non-hydrogen) atoms. The number of Topliss-reactive ketones (excluding diaryl/α,β-unsaturated/α-hetero) is 1. The Morgan fingerprint density at radius 2 is 1.97 bits per heavy atom. The van der Waals surface area contributed by atoms with E-state index < -0.39 is 0 Å². The van der Waals surface area contributed by atoms with Crippen LogP contribution in [-0.2, 0) is 17.8 Å². The number of carbonyl (C=O) groups excluding carboxylic acids is 2. The number of rotatable bonds is 8. The van der Waals surface area contributed by atoms with Crippen LogP contribution in [0.4, 0.5) is 0 Å². The molecule has 1 fully saturated rings. The van der Waals surface area contributed by atoms with Crippen molar-refractivity contribution >= 4 is 11.7 Å². The lowest BCUT2D eigenvalue weighted by Crippen LogP contribution is -3.08. The van der Waals surface area contributed by atoms with Gasteiger partial charge in [0.05, 0.1) is 13.2 Å². The molecule has 1 aliphatic heterocycles. The van der Waals surface area contributed by atoms with Crippen LogP contribution in [0.5, 0.6) is 0 Å². The summed E-state index contributed by atoms with van der Waals surface area (Å²) in [5.41, 5.74) is 4.71. The molecule has 2 N–H and O–H groups in total. The molecule has 1 aromatic carbocycles. The third kappa shape index (κ3) is 5.14. The molecule has 0 aliphatic carbocycles. The van der Waals surface area contributed by atoms with Crippen LogP contribution >= 0.6 is 0 Å². The molecule has 1 aliphatic rings. The molecule has 2 aromatic rings. The van der Waals surface area contributed by atoms with Gasteiger partial charge in [0.1, 0.15) is 13.1 Å². The second-order valence-corrected chi connectivity index (χ2v) is 8.04. The SMILES string of the molecule is CNC(=O)c1ccc(C[NH+](C)CC(=O)c2cc(C)n(C[C@H]3CCCO3)c2C)cc1. The quantitative estimate of drug-likeness (QED) is 0.663. The summed E-state index contributed by atoms with van der Waals surface area (Å²) in [6.45, 7) is 6.92. The number of amides is 1. The van der Waals surface area contributed by atoms with Gasteiger partial charge in [-0.2, -0.15) is 0 Å². The molecule has 6 heteroatoms. The average molecular weight is 399 g/mol. The Hall–Kier alpha value is -2.44. The Kier molecular flexibility index (Phi) is 6.87. The zero-order chi connectivity index (χ0) is 21.0. The maximum atomic E-state index is 12.9. The van der Waals surface area contributed by atoms with E-state index in [-0.39, 0.29) is 17.8 Å². The molecule has 0 bridgehead atoms. The highest BCUT2D eigenvalue weighted by Gasteiger charge is 2.22. The van der Waals surface area contributed by atoms with Crippen molar-refractivity contribution in [2.75, 3.05) is 27.2 Å². The van der Waals surface area contributed by atoms with Gasteiger partial charge in [0.2, 0.25) is 5.78 Å². The average Bonchev–Trinajstić information content (AvgIpc) is 3.31. The summed E-state index contributed by atoms with van der Waals surface area (Å²) in [7, 11) is 3.65. The molecular formula is C23H32N3O3+. The summed E-state index contributed by atoms with van der Waals surface area (Å²) in [5.74, 6) is 0.0713. The molecule has 0 spiro atoms. The fraction of sp³-hybridized carbons (Fsp3) is 0.478. The largest absolute Gasteiger partial charge is 0.376 e. The summed E-state index contributed by atoms with van der Waals surface area (Å²) in [5, 5.41) is 2.62. The van der Waals surface area contributed by atoms with Crippen LogP contribution in [0.1, 0.15) is 50.5 Å². The van der Waals surface area contributed by atoms with Crippen LogP contribution < -0.4 is 10.2 Å². The molecule has 0 radical (unpaired) electrons. The maximum absolute atomic E-state index is 12.9. The molecule has 1 saturated heterocycles. The third-order valence-corrected chi connectivity index (χ3v) is 5.70. The lowest BCUT2D eigenvalue weighted by Gasteiger charge is -2.15. The molecule has 1 amide bonds. The van der Waals surface area contributed by atoms with Crippen LogP contribution in [0.2, 0.25) is 0 Å². The number of carbonyl (C=O) groups is 2. The number of likely N-dealkylation sites (N-methyl/N-ethyl adjacent to an activating group) is 1. The first-order valence-electron chi connectivity index (χ1n) is 10.3. The molecular weight excluding hydrogens is 366 g/mol. The van der Waals surface area contributed by atoms with Crippen LogP contribution in [-0.4, -0.2) is 49.6 Å². The molecule has 6 nitrogen and oxygen atoms in total. The third-order valence-electron chi connectivity index (χ3n) is 5.70. The van der Waals surface area contributed by atoms with Crippen LogP contribution in [0.15, 0.2) is 30.3 Å². The molecule has 1 unspecified atom stereocenters. The highest BCUT2D eigenvalue weighted by molar-refractivity contribution is 5.98. The highest BCUT2D eigenvalue weighted by atomic mass is 16.5. The van der Waals surface area contributed by atoms with E-state index in [1.54, 1.807) is 7.05 Å². The van der Waals surface area contributed by atoms with E-state index in [1.165, 1.54) is 0 Å². The molecule has 1 aromatic heterocycles. The molecule has 2 heterocycles. The first kappa shape index (κ1) is 21.3. The van der Waals surface area contributed by atoms with Crippen molar-refractivity contribution in [1.82, 2.24) is 9.88 Å². The Morgan fingerprint density at radius 3 is 2.59 bits per heavy atom. The zero-order valence-electron chi connectivity index (χ0n) is 17.9. The van der Waals surface area contributed by atoms with Gasteiger partial charge in [-0.1, -0.05) is 12.1 Å². The number of nitrogens with zero attached hydrogens (tertiary/aromatic N) is 1. The summed E-state index contributed by atoms with van der Waals surface area (Å²) >= 11 is 0. The van der Waals surface area contributed by atoms with Crippen molar-refractivity contribution in [3.05, 3.63) is 58.4 Å². The minimum Gasteiger partial charge on any atom is -0.376 e. The normalized spacial score (nSPS) is 17.3. The lowest BCUT2D eigenvalue weighted by molar-refractivity contribution is -0.884. The monoisotopic (exact) mass is 398 g/mol. The van der Waals surface area contributed by atoms with Crippen LogP contribution in [0.25, 0.3) is 0 Å². The van der Waals surface area contributed by atoms with Gasteiger partial charge < -0.3 is 19.5 Å². The van der Waals surface area contributed by atoms with Gasteiger partial charge in [-0.15, -0.1) is 0 Å². The van der Waals surface area contributed by atoms with Gasteiger partial charge in [0, 0.05) is 48.3 Å². The number of quaternary nitrogens is 1. The van der Waals surface area contributed by atoms with E-state index in [9.17, 15) is 9.59 Å². The first-order valence-corrected chi connectivity index (χ1v) is 10.3. The summed E-state index contributed by atoms with van der Waals surface area (Å²) in [6, 6.07) is 9.56. The number of aryl methyl sites for hydroxylation is 1. The minimum absolute atomic E-state index is 0.0919. The van der Waals surface area contributed by atoms with Crippen molar-refractivity contribution < 1.29 is 19.2 Å². The van der Waals surface area contributed by atoms with E-state index in [2.05, 4.69) is 16.8 Å². The smallest absolute Gasteiger partial charge is 0.251 e. The predicted octanol–water partition coefficient (Wildman–Crippen LogP) is 1.54. The summed E-state index contributed by atoms with van der Waals surface area (Å²) < 4.78 is 7.98. The predicted molar refractivity (Wildman–Crippen MR) is 113 cm³/mol. The van der Waals surface area contributed by atoms with Crippen molar-refractivity contribution in [2.24, 2.45) is 0 Å². The number of hydrogen-bond donors (Lipinski definition) is 2. The number of nitrogens with one attached hydrogen (secondary N) is 2. The highest BCUT2D eigenvalue weighted by Crippen LogP contribution is 2.20. The molecule has 0 saturated carbocycles. The van der Waals surface area contributed by atoms with Crippen LogP contribution in [0, 0.1) is 13.8 Å². The van der Waals surface area contributed by atoms with E-state index in [4.69, 9.17) is 4.74 Å². The van der Waals surface area contributed by atoms with Gasteiger partial charge in [0.15, 0.2) is 0 Å². The standard InChI is InChI=1S/C23H31N3O3/c1-16-12-21(17(2)26(16)14-20-6-5-11-29-20)22(27)15-25(4)13-18-7-9-19(10-8-18)23(28)24-3/h7-10,12,20H,5-6,11,13-15H2,1-4H3,(H,24,28)/p+1/t20-/m1/s1. The van der Waals surface area contributed by atoms with E-state index in [0.29, 0.717) is 12.1 Å². The number of benzene rings is 1. The molecule has 2 atom stereocenters. The van der Waals surface area contributed by atoms with E-state index >= 15 is 0 Å². The van der Waals surface area contributed by atoms with E-state index in [1.807, 2.05) is 44.3 Å². The number of ether oxygens (including phenoxy) is 1. The fourth-order valence-corrected chi connectivity index (χ4v) is 4.05. The Labute approximate surface area is 172 Å². The van der Waals surface area contributed by atoms with Gasteiger partial charge in [-0.3, -0.25) is 9.59 Å². The van der Waals surface area contributed by atoms with Gasteiger partial charge in [-0.05, 0) is 44.9 Å². The number of ketones is 1. The van der Waals surface area contributed by atoms with Crippen molar-refractivity contribution in [2.45, 2.75) is 45.9 Å². The second kappa shape index (κ2) is 9.37. The maximum Gasteiger partial charge on any atom is 0.251 e. The topological polar surface area (TPSA) is 64.8 Å². The summed E-state index contributed by atoms with van der Waals surface area (Å²) in [4.78, 5) is 25.7. The Morgan fingerprint density at radius 1 is 1.24 bits per heavy atom. The molecule has 3 rings (SSSR count). The van der Waals surface area contributed by atoms with E-state index in [0.717, 1.165) is 60.0 Å². The molecule has 156 valence electrons. The first-order chi connectivity index (χ1) is 13.9. The second-order valence-electron chi connectivity index (χ2n) is 8.04. The van der Waals surface area contributed by atoms with Crippen molar-refractivity contribution in [3.63, 3.8) is 0 Å². The fourth-order valence-electron chi connectivity index (χ4n) is 4.05. The zero-order valence-corrected chi connectivity index (χ0v) is 17.9. The van der Waals surface area contributed by atoms with Crippen molar-refractivity contribution in [1.29, 1.82) is 0 Å².